The summed E-state index contributed by atoms with van der Waals surface area (Å²) in [6.45, 7) is 1.98. The van der Waals surface area contributed by atoms with Gasteiger partial charge in [0.2, 0.25) is 0 Å². The number of benzene rings is 1. The van der Waals surface area contributed by atoms with E-state index in [1.54, 1.807) is 19.1 Å². The molecule has 0 aliphatic heterocycles. The van der Waals surface area contributed by atoms with Gasteiger partial charge in [0.25, 0.3) is 0 Å². The summed E-state index contributed by atoms with van der Waals surface area (Å²) in [6.07, 6.45) is 0. The number of nitrogens with zero attached hydrogens (tertiary/aromatic N) is 1. The van der Waals surface area contributed by atoms with Crippen molar-refractivity contribution in [2.24, 2.45) is 0 Å². The summed E-state index contributed by atoms with van der Waals surface area (Å²) in [6, 6.07) is 4.36. The van der Waals surface area contributed by atoms with Crippen molar-refractivity contribution >= 4 is 60.8 Å². The smallest absolute Gasteiger partial charge is 0.350 e. The van der Waals surface area contributed by atoms with Gasteiger partial charge in [0.1, 0.15) is 10.7 Å². The lowest BCUT2D eigenvalue weighted by atomic mass is 10.1. The molecule has 0 N–H and O–H groups in total. The Labute approximate surface area is 146 Å². The number of hydrogen-bond acceptors (Lipinski definition) is 4. The second kappa shape index (κ2) is 7.17. The Hall–Kier alpha value is -0.500. The van der Waals surface area contributed by atoms with E-state index in [1.807, 2.05) is 0 Å². The van der Waals surface area contributed by atoms with Crippen molar-refractivity contribution in [3.8, 4) is 0 Å². The van der Waals surface area contributed by atoms with Gasteiger partial charge in [-0.3, -0.25) is 0 Å². The number of thiazole rings is 1. The molecule has 1 heterocycles. The average molecular weight is 458 g/mol. The minimum Gasteiger partial charge on any atom is -0.462 e. The van der Waals surface area contributed by atoms with E-state index in [1.165, 1.54) is 6.07 Å². The predicted octanol–water partition coefficient (Wildman–Crippen LogP) is 5.36. The first-order chi connectivity index (χ1) is 9.93. The number of halogens is 4. The molecule has 21 heavy (non-hydrogen) atoms. The van der Waals surface area contributed by atoms with E-state index in [9.17, 15) is 9.18 Å². The van der Waals surface area contributed by atoms with E-state index >= 15 is 0 Å². The number of hydrogen-bond donors (Lipinski definition) is 0. The van der Waals surface area contributed by atoms with Gasteiger partial charge in [-0.15, -0.1) is 0 Å². The molecular formula is C13H9Br2ClFNO2S. The SMILES string of the molecule is CCOC(=O)c1sc(Br)nc1C(Br)c1ccc(Cl)cc1F. The fourth-order valence-corrected chi connectivity index (χ4v) is 4.09. The molecule has 0 fully saturated rings. The third kappa shape index (κ3) is 3.83. The molecule has 0 aliphatic carbocycles. The number of aromatic nitrogens is 1. The molecule has 0 aliphatic rings. The van der Waals surface area contributed by atoms with Gasteiger partial charge in [-0.05, 0) is 35.0 Å². The minimum absolute atomic E-state index is 0.260. The van der Waals surface area contributed by atoms with Crippen LogP contribution in [0.25, 0.3) is 0 Å². The Morgan fingerprint density at radius 2 is 2.29 bits per heavy atom. The normalized spacial score (nSPS) is 12.2. The predicted molar refractivity (Wildman–Crippen MR) is 88.0 cm³/mol. The van der Waals surface area contributed by atoms with Crippen LogP contribution in [-0.2, 0) is 4.74 Å². The van der Waals surface area contributed by atoms with Gasteiger partial charge in [0.15, 0.2) is 3.92 Å². The second-order valence-corrected chi connectivity index (χ2v) is 7.56. The summed E-state index contributed by atoms with van der Waals surface area (Å²) in [4.78, 5) is 15.9. The zero-order valence-corrected chi connectivity index (χ0v) is 15.4. The maximum absolute atomic E-state index is 14.0. The van der Waals surface area contributed by atoms with Crippen LogP contribution in [0.3, 0.4) is 0 Å². The molecule has 112 valence electrons. The summed E-state index contributed by atoms with van der Waals surface area (Å²) in [5.74, 6) is -0.946. The van der Waals surface area contributed by atoms with Crippen LogP contribution in [0.5, 0.6) is 0 Å². The number of carbonyl (C=O) groups excluding carboxylic acids is 1. The quantitative estimate of drug-likeness (QED) is 0.458. The number of rotatable bonds is 4. The van der Waals surface area contributed by atoms with Gasteiger partial charge in [-0.1, -0.05) is 44.9 Å². The van der Waals surface area contributed by atoms with Gasteiger partial charge in [-0.25, -0.2) is 14.2 Å². The molecule has 0 radical (unpaired) electrons. The molecule has 0 saturated heterocycles. The highest BCUT2D eigenvalue weighted by atomic mass is 79.9. The average Bonchev–Trinajstić information content (AvgIpc) is 2.80. The molecule has 1 aromatic carbocycles. The maximum atomic E-state index is 14.0. The Bertz CT molecular complexity index is 680. The summed E-state index contributed by atoms with van der Waals surface area (Å²) in [5.41, 5.74) is 0.759. The van der Waals surface area contributed by atoms with Crippen molar-refractivity contribution in [1.82, 2.24) is 4.98 Å². The summed E-state index contributed by atoms with van der Waals surface area (Å²) in [5, 5.41) is 0.307. The van der Waals surface area contributed by atoms with Crippen LogP contribution in [0.4, 0.5) is 4.39 Å². The monoisotopic (exact) mass is 455 g/mol. The third-order valence-electron chi connectivity index (χ3n) is 2.56. The molecule has 0 bridgehead atoms. The van der Waals surface area contributed by atoms with Crippen molar-refractivity contribution in [3.63, 3.8) is 0 Å². The Morgan fingerprint density at radius 1 is 1.57 bits per heavy atom. The molecule has 0 saturated carbocycles. The van der Waals surface area contributed by atoms with E-state index in [0.717, 1.165) is 11.3 Å². The lowest BCUT2D eigenvalue weighted by Crippen LogP contribution is -2.08. The molecule has 1 unspecified atom stereocenters. The maximum Gasteiger partial charge on any atom is 0.350 e. The van der Waals surface area contributed by atoms with E-state index in [0.29, 0.717) is 25.1 Å². The van der Waals surface area contributed by atoms with Crippen molar-refractivity contribution in [3.05, 3.63) is 49.1 Å². The molecule has 2 aromatic rings. The summed E-state index contributed by atoms with van der Waals surface area (Å²) >= 11 is 13.5. The van der Waals surface area contributed by atoms with Crippen LogP contribution in [0, 0.1) is 5.82 Å². The van der Waals surface area contributed by atoms with Crippen molar-refractivity contribution in [2.75, 3.05) is 6.61 Å². The van der Waals surface area contributed by atoms with Gasteiger partial charge in [0.05, 0.1) is 17.1 Å². The number of alkyl halides is 1. The standard InChI is InChI=1S/C13H9Br2ClFNO2S/c1-2-20-12(19)11-10(18-13(15)21-11)9(14)7-4-3-6(16)5-8(7)17/h3-5,9H,2H2,1H3. The molecule has 1 atom stereocenters. The van der Waals surface area contributed by atoms with Crippen LogP contribution in [-0.4, -0.2) is 17.6 Å². The topological polar surface area (TPSA) is 39.2 Å². The largest absolute Gasteiger partial charge is 0.462 e. The number of carbonyl (C=O) groups is 1. The molecule has 0 spiro atoms. The van der Waals surface area contributed by atoms with Crippen LogP contribution < -0.4 is 0 Å². The summed E-state index contributed by atoms with van der Waals surface area (Å²) in [7, 11) is 0. The van der Waals surface area contributed by atoms with E-state index < -0.39 is 16.6 Å². The highest BCUT2D eigenvalue weighted by Crippen LogP contribution is 2.38. The first kappa shape index (κ1) is 16.9. The molecule has 0 amide bonds. The van der Waals surface area contributed by atoms with E-state index in [4.69, 9.17) is 16.3 Å². The zero-order chi connectivity index (χ0) is 15.6. The molecule has 1 aromatic heterocycles. The van der Waals surface area contributed by atoms with Crippen LogP contribution in [0.1, 0.15) is 32.7 Å². The van der Waals surface area contributed by atoms with Crippen molar-refractivity contribution in [2.45, 2.75) is 11.8 Å². The van der Waals surface area contributed by atoms with E-state index in [-0.39, 0.29) is 6.61 Å². The second-order valence-electron chi connectivity index (χ2n) is 3.93. The molecule has 2 rings (SSSR count). The minimum atomic E-state index is -0.572. The Kier molecular flexibility index (Phi) is 5.76. The van der Waals surface area contributed by atoms with Crippen LogP contribution >= 0.6 is 54.8 Å². The first-order valence-electron chi connectivity index (χ1n) is 5.86. The zero-order valence-electron chi connectivity index (χ0n) is 10.7. The molecular weight excluding hydrogens is 448 g/mol. The third-order valence-corrected chi connectivity index (χ3v) is 5.23. The molecule has 8 heteroatoms. The summed E-state index contributed by atoms with van der Waals surface area (Å²) < 4.78 is 19.5. The molecule has 3 nitrogen and oxygen atoms in total. The lowest BCUT2D eigenvalue weighted by Gasteiger charge is -2.11. The van der Waals surface area contributed by atoms with Gasteiger partial charge >= 0.3 is 5.97 Å². The number of ether oxygens (including phenoxy) is 1. The fourth-order valence-electron chi connectivity index (χ4n) is 1.67. The van der Waals surface area contributed by atoms with Crippen molar-refractivity contribution < 1.29 is 13.9 Å². The fraction of sp³-hybridized carbons (Fsp3) is 0.231. The van der Waals surface area contributed by atoms with Crippen molar-refractivity contribution in [1.29, 1.82) is 0 Å². The lowest BCUT2D eigenvalue weighted by molar-refractivity contribution is 0.0530. The van der Waals surface area contributed by atoms with E-state index in [2.05, 4.69) is 36.8 Å². The van der Waals surface area contributed by atoms with Crippen LogP contribution in [0.2, 0.25) is 5.02 Å². The van der Waals surface area contributed by atoms with Gasteiger partial charge < -0.3 is 4.74 Å². The highest BCUT2D eigenvalue weighted by molar-refractivity contribution is 9.11. The Morgan fingerprint density at radius 3 is 2.90 bits per heavy atom. The first-order valence-corrected chi connectivity index (χ1v) is 8.76. The number of esters is 1. The highest BCUT2D eigenvalue weighted by Gasteiger charge is 2.26. The van der Waals surface area contributed by atoms with Gasteiger partial charge in [0, 0.05) is 10.6 Å². The van der Waals surface area contributed by atoms with Gasteiger partial charge in [-0.2, -0.15) is 0 Å². The Balaban J connectivity index is 2.43. The van der Waals surface area contributed by atoms with Crippen LogP contribution in [0.15, 0.2) is 22.1 Å².